The molecule has 27 heavy (non-hydrogen) atoms. The second-order valence-corrected chi connectivity index (χ2v) is 7.92. The van der Waals surface area contributed by atoms with Crippen LogP contribution in [0.4, 0.5) is 28.4 Å². The van der Waals surface area contributed by atoms with Crippen LogP contribution < -0.4 is 10.6 Å². The Labute approximate surface area is 156 Å². The highest BCUT2D eigenvalue weighted by molar-refractivity contribution is 7.90. The summed E-state index contributed by atoms with van der Waals surface area (Å²) in [6.45, 7) is 0. The van der Waals surface area contributed by atoms with Crippen LogP contribution in [0, 0.1) is 10.1 Å². The zero-order chi connectivity index (χ0) is 19.4. The monoisotopic (exact) mass is 383 g/mol. The third-order valence-corrected chi connectivity index (χ3v) is 4.91. The van der Waals surface area contributed by atoms with E-state index in [9.17, 15) is 18.5 Å². The van der Waals surface area contributed by atoms with Crippen LogP contribution in [0.5, 0.6) is 0 Å². The van der Waals surface area contributed by atoms with Crippen LogP contribution in [0.2, 0.25) is 0 Å². The van der Waals surface area contributed by atoms with Gasteiger partial charge in [-0.15, -0.1) is 0 Å². The topological polar surface area (TPSA) is 101 Å². The molecule has 0 saturated carbocycles. The van der Waals surface area contributed by atoms with Gasteiger partial charge in [0.25, 0.3) is 5.69 Å². The number of nitrogens with zero attached hydrogens (tertiary/aromatic N) is 1. The first-order valence-electron chi connectivity index (χ1n) is 8.00. The lowest BCUT2D eigenvalue weighted by atomic mass is 10.2. The van der Waals surface area contributed by atoms with E-state index in [1.54, 1.807) is 12.1 Å². The second kappa shape index (κ2) is 7.46. The molecule has 8 heteroatoms. The summed E-state index contributed by atoms with van der Waals surface area (Å²) in [5, 5.41) is 17.6. The van der Waals surface area contributed by atoms with Crippen molar-refractivity contribution in [2.24, 2.45) is 0 Å². The molecule has 0 bridgehead atoms. The molecule has 0 spiro atoms. The number of nitro groups is 1. The highest BCUT2D eigenvalue weighted by atomic mass is 32.2. The summed E-state index contributed by atoms with van der Waals surface area (Å²) < 4.78 is 23.3. The lowest BCUT2D eigenvalue weighted by molar-refractivity contribution is -0.384. The number of hydrogen-bond donors (Lipinski definition) is 2. The summed E-state index contributed by atoms with van der Waals surface area (Å²) >= 11 is 0. The maximum Gasteiger partial charge on any atom is 0.293 e. The van der Waals surface area contributed by atoms with Crippen molar-refractivity contribution in [2.45, 2.75) is 4.90 Å². The third kappa shape index (κ3) is 4.62. The van der Waals surface area contributed by atoms with Crippen LogP contribution >= 0.6 is 0 Å². The van der Waals surface area contributed by atoms with E-state index in [1.165, 1.54) is 12.1 Å². The molecule has 0 amide bonds. The maximum atomic E-state index is 11.6. The van der Waals surface area contributed by atoms with E-state index < -0.39 is 14.8 Å². The normalized spacial score (nSPS) is 11.0. The van der Waals surface area contributed by atoms with Crippen LogP contribution in [-0.2, 0) is 9.84 Å². The van der Waals surface area contributed by atoms with Crippen LogP contribution in [0.3, 0.4) is 0 Å². The lowest BCUT2D eigenvalue weighted by Gasteiger charge is -2.11. The van der Waals surface area contributed by atoms with E-state index in [4.69, 9.17) is 0 Å². The number of hydrogen-bond acceptors (Lipinski definition) is 6. The van der Waals surface area contributed by atoms with Crippen molar-refractivity contribution in [3.05, 3.63) is 82.9 Å². The van der Waals surface area contributed by atoms with Crippen LogP contribution in [0.25, 0.3) is 0 Å². The molecule has 0 fully saturated rings. The van der Waals surface area contributed by atoms with Gasteiger partial charge in [0.15, 0.2) is 9.84 Å². The van der Waals surface area contributed by atoms with Gasteiger partial charge in [-0.1, -0.05) is 24.3 Å². The van der Waals surface area contributed by atoms with Crippen molar-refractivity contribution in [3.63, 3.8) is 0 Å². The Morgan fingerprint density at radius 1 is 0.815 bits per heavy atom. The van der Waals surface area contributed by atoms with Gasteiger partial charge in [-0.05, 0) is 42.5 Å². The van der Waals surface area contributed by atoms with Gasteiger partial charge in [0.2, 0.25) is 0 Å². The van der Waals surface area contributed by atoms with E-state index >= 15 is 0 Å². The number of para-hydroxylation sites is 1. The van der Waals surface area contributed by atoms with Gasteiger partial charge in [-0.25, -0.2) is 8.42 Å². The second-order valence-electron chi connectivity index (χ2n) is 5.91. The number of benzene rings is 3. The Kier molecular flexibility index (Phi) is 5.09. The molecule has 0 aromatic heterocycles. The van der Waals surface area contributed by atoms with E-state index in [2.05, 4.69) is 10.6 Å². The van der Waals surface area contributed by atoms with E-state index in [0.717, 1.165) is 23.7 Å². The largest absolute Gasteiger partial charge is 0.355 e. The molecule has 2 N–H and O–H groups in total. The zero-order valence-electron chi connectivity index (χ0n) is 14.4. The molecule has 0 aliphatic carbocycles. The molecular weight excluding hydrogens is 366 g/mol. The van der Waals surface area contributed by atoms with Gasteiger partial charge < -0.3 is 10.6 Å². The molecule has 3 rings (SSSR count). The van der Waals surface area contributed by atoms with Crippen LogP contribution in [0.1, 0.15) is 0 Å². The minimum atomic E-state index is -3.53. The van der Waals surface area contributed by atoms with E-state index in [-0.39, 0.29) is 16.3 Å². The molecule has 0 heterocycles. The smallest absolute Gasteiger partial charge is 0.293 e. The van der Waals surface area contributed by atoms with Crippen molar-refractivity contribution in [1.82, 2.24) is 0 Å². The van der Waals surface area contributed by atoms with Crippen LogP contribution in [0.15, 0.2) is 77.7 Å². The van der Waals surface area contributed by atoms with E-state index in [0.29, 0.717) is 5.69 Å². The van der Waals surface area contributed by atoms with Gasteiger partial charge in [0.05, 0.1) is 9.82 Å². The lowest BCUT2D eigenvalue weighted by Crippen LogP contribution is -2.02. The summed E-state index contributed by atoms with van der Waals surface area (Å²) in [7, 11) is -3.53. The molecule has 0 unspecified atom stereocenters. The summed E-state index contributed by atoms with van der Waals surface area (Å²) in [5.74, 6) is 0. The van der Waals surface area contributed by atoms with Crippen LogP contribution in [-0.4, -0.2) is 19.6 Å². The van der Waals surface area contributed by atoms with Gasteiger partial charge in [0.1, 0.15) is 5.69 Å². The Bertz CT molecular complexity index is 1080. The number of sulfone groups is 1. The van der Waals surface area contributed by atoms with Crippen molar-refractivity contribution < 1.29 is 13.3 Å². The Hall–Kier alpha value is -3.39. The molecule has 3 aromatic rings. The Balaban J connectivity index is 1.89. The molecule has 3 aromatic carbocycles. The van der Waals surface area contributed by atoms with Gasteiger partial charge >= 0.3 is 0 Å². The fraction of sp³-hybridized carbons (Fsp3) is 0.0526. The predicted octanol–water partition coefficient (Wildman–Crippen LogP) is 4.49. The molecule has 0 aliphatic rings. The first-order valence-corrected chi connectivity index (χ1v) is 9.90. The molecular formula is C19H17N3O4S. The van der Waals surface area contributed by atoms with Gasteiger partial charge in [-0.3, -0.25) is 10.1 Å². The van der Waals surface area contributed by atoms with Gasteiger partial charge in [-0.2, -0.15) is 0 Å². The molecule has 7 nitrogen and oxygen atoms in total. The van der Waals surface area contributed by atoms with Crippen molar-refractivity contribution in [1.29, 1.82) is 0 Å². The quantitative estimate of drug-likeness (QED) is 0.480. The maximum absolute atomic E-state index is 11.6. The standard InChI is InChI=1S/C19H17N3O4S/c1-27(25,26)17-10-11-18(19(13-17)22(23)24)21-16-9-5-8-15(12-16)20-14-6-3-2-4-7-14/h2-13,20-21H,1H3. The van der Waals surface area contributed by atoms with Crippen molar-refractivity contribution in [2.75, 3.05) is 16.9 Å². The highest BCUT2D eigenvalue weighted by Gasteiger charge is 2.18. The average molecular weight is 383 g/mol. The fourth-order valence-electron chi connectivity index (χ4n) is 2.52. The highest BCUT2D eigenvalue weighted by Crippen LogP contribution is 2.31. The summed E-state index contributed by atoms with van der Waals surface area (Å²) in [4.78, 5) is 10.7. The fourth-order valence-corrected chi connectivity index (χ4v) is 3.16. The third-order valence-electron chi connectivity index (χ3n) is 3.80. The number of nitro benzene ring substituents is 1. The predicted molar refractivity (Wildman–Crippen MR) is 106 cm³/mol. The minimum absolute atomic E-state index is 0.0979. The molecule has 0 aliphatic heterocycles. The number of nitrogens with one attached hydrogen (secondary N) is 2. The summed E-state index contributed by atoms with van der Waals surface area (Å²) in [5.41, 5.74) is 2.26. The first-order chi connectivity index (χ1) is 12.8. The summed E-state index contributed by atoms with van der Waals surface area (Å²) in [6, 6.07) is 20.7. The zero-order valence-corrected chi connectivity index (χ0v) is 15.2. The molecule has 0 radical (unpaired) electrons. The van der Waals surface area contributed by atoms with Crippen molar-refractivity contribution >= 4 is 38.3 Å². The molecule has 138 valence electrons. The average Bonchev–Trinajstić information content (AvgIpc) is 2.62. The molecule has 0 atom stereocenters. The molecule has 0 saturated heterocycles. The Morgan fingerprint density at radius 2 is 1.44 bits per heavy atom. The Morgan fingerprint density at radius 3 is 2.07 bits per heavy atom. The number of rotatable bonds is 6. The summed E-state index contributed by atoms with van der Waals surface area (Å²) in [6.07, 6.45) is 1.01. The van der Waals surface area contributed by atoms with E-state index in [1.807, 2.05) is 42.5 Å². The van der Waals surface area contributed by atoms with Crippen molar-refractivity contribution in [3.8, 4) is 0 Å². The first kappa shape index (κ1) is 18.4. The SMILES string of the molecule is CS(=O)(=O)c1ccc(Nc2cccc(Nc3ccccc3)c2)c([N+](=O)[O-])c1. The number of anilines is 4. The minimum Gasteiger partial charge on any atom is -0.355 e. The van der Waals surface area contributed by atoms with Gasteiger partial charge in [0, 0.05) is 29.4 Å².